The number of hydrogen-bond acceptors (Lipinski definition) is 3. The molecule has 3 nitrogen and oxygen atoms in total. The molecule has 0 bridgehead atoms. The number of nitrogens with zero attached hydrogens (tertiary/aromatic N) is 1. The van der Waals surface area contributed by atoms with E-state index in [1.165, 1.54) is 6.42 Å². The lowest BCUT2D eigenvalue weighted by molar-refractivity contribution is 0.0857. The monoisotopic (exact) mass is 220 g/mol. The van der Waals surface area contributed by atoms with Crippen LogP contribution in [0.1, 0.15) is 44.3 Å². The Morgan fingerprint density at radius 1 is 1.38 bits per heavy atom. The SMILES string of the molecule is C[C@@H](N[C@H]1CCCC[C@@H]1O)c1ccccn1. The van der Waals surface area contributed by atoms with E-state index in [1.54, 1.807) is 0 Å². The van der Waals surface area contributed by atoms with Crippen LogP contribution in [0.2, 0.25) is 0 Å². The Morgan fingerprint density at radius 3 is 2.88 bits per heavy atom. The fraction of sp³-hybridized carbons (Fsp3) is 0.615. The van der Waals surface area contributed by atoms with E-state index in [1.807, 2.05) is 24.4 Å². The first kappa shape index (κ1) is 11.6. The molecule has 2 rings (SSSR count). The fourth-order valence-corrected chi connectivity index (χ4v) is 2.34. The Morgan fingerprint density at radius 2 is 2.19 bits per heavy atom. The average molecular weight is 220 g/mol. The number of pyridine rings is 1. The maximum absolute atomic E-state index is 9.88. The molecule has 88 valence electrons. The van der Waals surface area contributed by atoms with Crippen molar-refractivity contribution in [3.63, 3.8) is 0 Å². The standard InChI is InChI=1S/C13H20N2O/c1-10(11-6-4-5-9-14-11)15-12-7-2-3-8-13(12)16/h4-6,9-10,12-13,15-16H,2-3,7-8H2,1H3/t10-,12+,13+/m1/s1. The number of aromatic nitrogens is 1. The molecule has 1 aliphatic carbocycles. The second kappa shape index (κ2) is 5.41. The van der Waals surface area contributed by atoms with Crippen LogP contribution in [0.25, 0.3) is 0 Å². The van der Waals surface area contributed by atoms with Crippen molar-refractivity contribution in [3.8, 4) is 0 Å². The highest BCUT2D eigenvalue weighted by atomic mass is 16.3. The maximum atomic E-state index is 9.88. The molecular formula is C13H20N2O. The summed E-state index contributed by atoms with van der Waals surface area (Å²) in [5.74, 6) is 0. The zero-order valence-electron chi connectivity index (χ0n) is 9.76. The molecule has 1 fully saturated rings. The molecule has 1 saturated carbocycles. The molecule has 0 radical (unpaired) electrons. The van der Waals surface area contributed by atoms with Gasteiger partial charge in [0.15, 0.2) is 0 Å². The Kier molecular flexibility index (Phi) is 3.91. The van der Waals surface area contributed by atoms with Crippen molar-refractivity contribution in [3.05, 3.63) is 30.1 Å². The van der Waals surface area contributed by atoms with E-state index < -0.39 is 0 Å². The highest BCUT2D eigenvalue weighted by Crippen LogP contribution is 2.21. The minimum absolute atomic E-state index is 0.195. The zero-order chi connectivity index (χ0) is 11.4. The largest absolute Gasteiger partial charge is 0.392 e. The quantitative estimate of drug-likeness (QED) is 0.819. The molecule has 0 aliphatic heterocycles. The van der Waals surface area contributed by atoms with Gasteiger partial charge in [-0.1, -0.05) is 18.9 Å². The van der Waals surface area contributed by atoms with Gasteiger partial charge in [0, 0.05) is 18.3 Å². The van der Waals surface area contributed by atoms with Crippen LogP contribution in [-0.4, -0.2) is 22.2 Å². The number of aliphatic hydroxyl groups excluding tert-OH is 1. The third-order valence-corrected chi connectivity index (χ3v) is 3.32. The van der Waals surface area contributed by atoms with Crippen molar-refractivity contribution in [1.82, 2.24) is 10.3 Å². The molecule has 1 heterocycles. The van der Waals surface area contributed by atoms with Crippen LogP contribution in [0, 0.1) is 0 Å². The predicted octanol–water partition coefficient (Wildman–Crippen LogP) is 2.04. The first-order valence-electron chi connectivity index (χ1n) is 6.12. The van der Waals surface area contributed by atoms with Crippen molar-refractivity contribution in [1.29, 1.82) is 0 Å². The van der Waals surface area contributed by atoms with Gasteiger partial charge in [-0.05, 0) is 31.9 Å². The topological polar surface area (TPSA) is 45.1 Å². The van der Waals surface area contributed by atoms with Crippen LogP contribution in [0.3, 0.4) is 0 Å². The lowest BCUT2D eigenvalue weighted by Crippen LogP contribution is -2.43. The summed E-state index contributed by atoms with van der Waals surface area (Å²) in [6, 6.07) is 6.38. The van der Waals surface area contributed by atoms with Crippen LogP contribution in [-0.2, 0) is 0 Å². The summed E-state index contributed by atoms with van der Waals surface area (Å²) in [5, 5.41) is 13.4. The second-order valence-electron chi connectivity index (χ2n) is 4.60. The molecule has 1 aromatic heterocycles. The number of nitrogens with one attached hydrogen (secondary N) is 1. The van der Waals surface area contributed by atoms with Gasteiger partial charge < -0.3 is 10.4 Å². The average Bonchev–Trinajstić information content (AvgIpc) is 2.33. The van der Waals surface area contributed by atoms with Crippen molar-refractivity contribution < 1.29 is 5.11 Å². The van der Waals surface area contributed by atoms with Crippen LogP contribution in [0.4, 0.5) is 0 Å². The van der Waals surface area contributed by atoms with Gasteiger partial charge in [-0.15, -0.1) is 0 Å². The Bertz CT molecular complexity index is 315. The summed E-state index contributed by atoms with van der Waals surface area (Å²) >= 11 is 0. The lowest BCUT2D eigenvalue weighted by atomic mass is 9.92. The molecule has 2 N–H and O–H groups in total. The van der Waals surface area contributed by atoms with E-state index in [0.29, 0.717) is 0 Å². The van der Waals surface area contributed by atoms with Gasteiger partial charge in [-0.3, -0.25) is 4.98 Å². The molecule has 1 aliphatic rings. The van der Waals surface area contributed by atoms with Crippen LogP contribution < -0.4 is 5.32 Å². The lowest BCUT2D eigenvalue weighted by Gasteiger charge is -2.30. The molecule has 3 heteroatoms. The van der Waals surface area contributed by atoms with Gasteiger partial charge in [0.05, 0.1) is 11.8 Å². The summed E-state index contributed by atoms with van der Waals surface area (Å²) in [6.45, 7) is 2.10. The van der Waals surface area contributed by atoms with Crippen LogP contribution in [0.5, 0.6) is 0 Å². The predicted molar refractivity (Wildman–Crippen MR) is 64.1 cm³/mol. The number of rotatable bonds is 3. The number of aliphatic hydroxyl groups is 1. The maximum Gasteiger partial charge on any atom is 0.0693 e. The van der Waals surface area contributed by atoms with Gasteiger partial charge in [-0.25, -0.2) is 0 Å². The third-order valence-electron chi connectivity index (χ3n) is 3.32. The molecule has 0 amide bonds. The first-order valence-corrected chi connectivity index (χ1v) is 6.12. The van der Waals surface area contributed by atoms with Crippen molar-refractivity contribution in [2.24, 2.45) is 0 Å². The van der Waals surface area contributed by atoms with Crippen molar-refractivity contribution in [2.75, 3.05) is 0 Å². The summed E-state index contributed by atoms with van der Waals surface area (Å²) in [7, 11) is 0. The summed E-state index contributed by atoms with van der Waals surface area (Å²) in [6.07, 6.45) is 5.97. The molecule has 0 unspecified atom stereocenters. The molecule has 3 atom stereocenters. The second-order valence-corrected chi connectivity index (χ2v) is 4.60. The van der Waals surface area contributed by atoms with E-state index >= 15 is 0 Å². The molecule has 1 aromatic rings. The van der Waals surface area contributed by atoms with Gasteiger partial charge in [-0.2, -0.15) is 0 Å². The fourth-order valence-electron chi connectivity index (χ4n) is 2.34. The van der Waals surface area contributed by atoms with Gasteiger partial charge >= 0.3 is 0 Å². The van der Waals surface area contributed by atoms with Crippen LogP contribution >= 0.6 is 0 Å². The van der Waals surface area contributed by atoms with Gasteiger partial charge in [0.2, 0.25) is 0 Å². The minimum atomic E-state index is -0.195. The minimum Gasteiger partial charge on any atom is -0.392 e. The highest BCUT2D eigenvalue weighted by molar-refractivity contribution is 5.08. The number of hydrogen-bond donors (Lipinski definition) is 2. The summed E-state index contributed by atoms with van der Waals surface area (Å²) in [5.41, 5.74) is 1.04. The summed E-state index contributed by atoms with van der Waals surface area (Å²) in [4.78, 5) is 4.33. The van der Waals surface area contributed by atoms with Gasteiger partial charge in [0.1, 0.15) is 0 Å². The molecule has 16 heavy (non-hydrogen) atoms. The van der Waals surface area contributed by atoms with Gasteiger partial charge in [0.25, 0.3) is 0 Å². The first-order chi connectivity index (χ1) is 7.77. The zero-order valence-corrected chi connectivity index (χ0v) is 9.76. The van der Waals surface area contributed by atoms with Crippen molar-refractivity contribution >= 4 is 0 Å². The summed E-state index contributed by atoms with van der Waals surface area (Å²) < 4.78 is 0. The Labute approximate surface area is 96.9 Å². The highest BCUT2D eigenvalue weighted by Gasteiger charge is 2.24. The third kappa shape index (κ3) is 2.80. The van der Waals surface area contributed by atoms with E-state index in [-0.39, 0.29) is 18.2 Å². The van der Waals surface area contributed by atoms with Crippen molar-refractivity contribution in [2.45, 2.75) is 50.8 Å². The van der Waals surface area contributed by atoms with E-state index in [4.69, 9.17) is 0 Å². The normalized spacial score (nSPS) is 27.6. The Hall–Kier alpha value is -0.930. The van der Waals surface area contributed by atoms with Crippen LogP contribution in [0.15, 0.2) is 24.4 Å². The molecule has 0 saturated heterocycles. The molecule has 0 aromatic carbocycles. The van der Waals surface area contributed by atoms with E-state index in [2.05, 4.69) is 17.2 Å². The van der Waals surface area contributed by atoms with E-state index in [0.717, 1.165) is 25.0 Å². The molecular weight excluding hydrogens is 200 g/mol. The Balaban J connectivity index is 1.94. The molecule has 0 spiro atoms. The van der Waals surface area contributed by atoms with E-state index in [9.17, 15) is 5.11 Å². The smallest absolute Gasteiger partial charge is 0.0693 e.